The summed E-state index contributed by atoms with van der Waals surface area (Å²) in [5, 5.41) is 1.23. The first-order chi connectivity index (χ1) is 19.4. The second kappa shape index (κ2) is 10.4. The average Bonchev–Trinajstić information content (AvgIpc) is 3.43. The molecule has 0 N–H and O–H groups in total. The highest BCUT2D eigenvalue weighted by Crippen LogP contribution is 2.28. The minimum Gasteiger partial charge on any atom is -0.237 e. The van der Waals surface area contributed by atoms with E-state index >= 15 is 0 Å². The Morgan fingerprint density at radius 3 is 1.79 bits per heavy atom. The van der Waals surface area contributed by atoms with Gasteiger partial charge in [0.05, 0.1) is 12.5 Å². The van der Waals surface area contributed by atoms with E-state index in [1.54, 1.807) is 60.7 Å². The molecule has 0 aliphatic heterocycles. The lowest BCUT2D eigenvalue weighted by Crippen LogP contribution is -2.12. The van der Waals surface area contributed by atoms with Crippen LogP contribution < -0.4 is 0 Å². The van der Waals surface area contributed by atoms with Crippen molar-refractivity contribution in [1.82, 2.24) is 17.9 Å². The van der Waals surface area contributed by atoms with Crippen molar-refractivity contribution in [1.29, 1.82) is 0 Å². The molecular weight excluding hydrogens is 600 g/mol. The van der Waals surface area contributed by atoms with E-state index in [0.717, 1.165) is 19.1 Å². The Morgan fingerprint density at radius 1 is 0.692 bits per heavy atom. The Kier molecular flexibility index (Phi) is 6.47. The van der Waals surface area contributed by atoms with Gasteiger partial charge in [-0.25, -0.2) is 34.7 Å². The Morgan fingerprint density at radius 2 is 1.21 bits per heavy atom. The van der Waals surface area contributed by atoms with Crippen LogP contribution in [-0.4, -0.2) is 34.7 Å². The molecule has 11 heteroatoms. The van der Waals surface area contributed by atoms with Gasteiger partial charge in [-0.3, -0.25) is 0 Å². The molecule has 6 rings (SSSR count). The van der Waals surface area contributed by atoms with Gasteiger partial charge in [0, 0.05) is 40.0 Å². The third-order valence-electron chi connectivity index (χ3n) is 5.88. The highest BCUT2D eigenvalue weighted by Gasteiger charge is 2.21. The van der Waals surface area contributed by atoms with Crippen molar-refractivity contribution in [2.75, 3.05) is 0 Å². The van der Waals surface area contributed by atoms with E-state index in [4.69, 9.17) is 2.74 Å². The maximum Gasteiger partial charge on any atom is 0.269 e. The summed E-state index contributed by atoms with van der Waals surface area (Å²) >= 11 is 3.27. The molecule has 0 unspecified atom stereocenters. The molecule has 0 saturated heterocycles. The molecule has 0 spiro atoms. The van der Waals surface area contributed by atoms with E-state index < -0.39 is 20.0 Å². The van der Waals surface area contributed by atoms with Gasteiger partial charge in [0.25, 0.3) is 20.0 Å². The Bertz CT molecular complexity index is 2130. The van der Waals surface area contributed by atoms with Crippen LogP contribution in [0.3, 0.4) is 0 Å². The zero-order valence-electron chi connectivity index (χ0n) is 22.8. The number of hydrogen-bond donors (Lipinski definition) is 0. The highest BCUT2D eigenvalue weighted by molar-refractivity contribution is 9.10. The van der Waals surface area contributed by atoms with E-state index in [0.29, 0.717) is 15.2 Å². The average molecular weight is 626 g/mol. The molecule has 0 aliphatic rings. The number of fused-ring (bicyclic) bond motifs is 2. The molecule has 39 heavy (non-hydrogen) atoms. The maximum atomic E-state index is 12.8. The van der Waals surface area contributed by atoms with Crippen LogP contribution in [0.1, 0.15) is 13.9 Å². The van der Waals surface area contributed by atoms with Crippen LogP contribution in [0.25, 0.3) is 22.1 Å². The number of nitrogens with zero attached hydrogens (tertiary/aromatic N) is 4. The third-order valence-corrected chi connectivity index (χ3v) is 9.72. The molecule has 0 amide bonds. The van der Waals surface area contributed by atoms with Gasteiger partial charge in [0.2, 0.25) is 0 Å². The number of pyridine rings is 2. The van der Waals surface area contributed by atoms with Gasteiger partial charge in [-0.15, -0.1) is 0 Å². The normalized spacial score (nSPS) is 12.6. The first-order valence-electron chi connectivity index (χ1n) is 12.6. The summed E-state index contributed by atoms with van der Waals surface area (Å²) in [5.41, 5.74) is 2.47. The fourth-order valence-corrected chi connectivity index (χ4v) is 6.94. The van der Waals surface area contributed by atoms with Crippen LogP contribution in [-0.2, 0) is 20.0 Å². The third kappa shape index (κ3) is 5.12. The van der Waals surface area contributed by atoms with Crippen molar-refractivity contribution >= 4 is 58.0 Å². The number of halogens is 1. The Labute approximate surface area is 237 Å². The summed E-state index contributed by atoms with van der Waals surface area (Å²) in [5.74, 6) is 0. The molecule has 198 valence electrons. The SMILES string of the molecule is [2H]c1c(Br)c2cccnc2n1S(=O)(=O)c1ccc(C)cc1.[2H]c1cc2cccnc2n1S(=O)(=O)c1ccc(C)cc1. The lowest BCUT2D eigenvalue weighted by molar-refractivity contribution is 0.587. The first-order valence-corrected chi connectivity index (χ1v) is 15.3. The number of benzene rings is 2. The first kappa shape index (κ1) is 24.3. The van der Waals surface area contributed by atoms with Crippen molar-refractivity contribution < 1.29 is 19.6 Å². The molecule has 0 bridgehead atoms. The van der Waals surface area contributed by atoms with Crippen molar-refractivity contribution in [2.24, 2.45) is 0 Å². The van der Waals surface area contributed by atoms with Crippen molar-refractivity contribution in [3.05, 3.63) is 119 Å². The molecule has 8 nitrogen and oxygen atoms in total. The van der Waals surface area contributed by atoms with Crippen molar-refractivity contribution in [2.45, 2.75) is 23.6 Å². The van der Waals surface area contributed by atoms with Gasteiger partial charge in [-0.2, -0.15) is 0 Å². The predicted octanol–water partition coefficient (Wildman–Crippen LogP) is 5.93. The van der Waals surface area contributed by atoms with E-state index in [9.17, 15) is 16.8 Å². The smallest absolute Gasteiger partial charge is 0.237 e. The summed E-state index contributed by atoms with van der Waals surface area (Å²) < 4.78 is 69.1. The van der Waals surface area contributed by atoms with Crippen LogP contribution in [0.4, 0.5) is 0 Å². The van der Waals surface area contributed by atoms with Gasteiger partial charge in [-0.1, -0.05) is 35.4 Å². The molecule has 0 radical (unpaired) electrons. The standard InChI is InChI=1S/C14H11BrN2O2S.C14H12N2O2S/c1-10-4-6-11(7-5-10)20(18,19)17-9-13(15)12-3-2-8-16-14(12)17;1-11-4-6-13(7-5-11)19(17,18)16-10-8-12-3-2-9-15-14(12)16/h2-9H,1H3;2-10H,1H3/i9D;10D. The van der Waals surface area contributed by atoms with E-state index in [1.165, 1.54) is 30.6 Å². The Balaban J connectivity index is 0.000000165. The summed E-state index contributed by atoms with van der Waals surface area (Å²) in [6.45, 7) is 3.77. The zero-order chi connectivity index (χ0) is 29.5. The van der Waals surface area contributed by atoms with Crippen LogP contribution in [0.15, 0.2) is 118 Å². The fraction of sp³-hybridized carbons (Fsp3) is 0.0714. The topological polar surface area (TPSA) is 104 Å². The van der Waals surface area contributed by atoms with Crippen LogP contribution in [0.2, 0.25) is 0 Å². The second-order valence-electron chi connectivity index (χ2n) is 8.66. The second-order valence-corrected chi connectivity index (χ2v) is 13.0. The monoisotopic (exact) mass is 624 g/mol. The van der Waals surface area contributed by atoms with Gasteiger partial charge >= 0.3 is 0 Å². The number of hydrogen-bond acceptors (Lipinski definition) is 6. The molecule has 4 heterocycles. The molecule has 2 aromatic carbocycles. The molecule has 4 aromatic heterocycles. The van der Waals surface area contributed by atoms with E-state index in [-0.39, 0.29) is 33.4 Å². The summed E-state index contributed by atoms with van der Waals surface area (Å²) in [4.78, 5) is 8.47. The number of aryl methyl sites for hydroxylation is 2. The van der Waals surface area contributed by atoms with E-state index in [2.05, 4.69) is 25.9 Å². The molecule has 0 saturated carbocycles. The summed E-state index contributed by atoms with van der Waals surface area (Å²) in [7, 11) is -7.66. The van der Waals surface area contributed by atoms with Gasteiger partial charge < -0.3 is 0 Å². The van der Waals surface area contributed by atoms with Gasteiger partial charge in [-0.05, 0) is 84.4 Å². The molecule has 0 fully saturated rings. The largest absolute Gasteiger partial charge is 0.269 e. The van der Waals surface area contributed by atoms with Crippen molar-refractivity contribution in [3.8, 4) is 0 Å². The highest BCUT2D eigenvalue weighted by atomic mass is 79.9. The van der Waals surface area contributed by atoms with Crippen LogP contribution in [0.5, 0.6) is 0 Å². The fourth-order valence-electron chi connectivity index (χ4n) is 3.80. The predicted molar refractivity (Wildman–Crippen MR) is 155 cm³/mol. The van der Waals surface area contributed by atoms with Gasteiger partial charge in [0.15, 0.2) is 11.3 Å². The van der Waals surface area contributed by atoms with Gasteiger partial charge in [0.1, 0.15) is 0 Å². The Hall–Kier alpha value is -3.80. The molecular formula is C28H23BrN4O4S2. The summed E-state index contributed by atoms with van der Waals surface area (Å²) in [6.07, 6.45) is 2.79. The van der Waals surface area contributed by atoms with Crippen LogP contribution in [0, 0.1) is 13.8 Å². The molecule has 6 aromatic rings. The maximum absolute atomic E-state index is 12.8. The number of aromatic nitrogens is 4. The molecule has 0 atom stereocenters. The van der Waals surface area contributed by atoms with Crippen molar-refractivity contribution in [3.63, 3.8) is 0 Å². The minimum atomic E-state index is -3.86. The van der Waals surface area contributed by atoms with E-state index in [1.807, 2.05) is 13.8 Å². The lowest BCUT2D eigenvalue weighted by Gasteiger charge is -2.07. The number of rotatable bonds is 4. The summed E-state index contributed by atoms with van der Waals surface area (Å²) in [6, 6.07) is 21.4. The quantitative estimate of drug-likeness (QED) is 0.241. The lowest BCUT2D eigenvalue weighted by atomic mass is 10.2. The molecule has 0 aliphatic carbocycles. The van der Waals surface area contributed by atoms with Crippen LogP contribution >= 0.6 is 15.9 Å². The minimum absolute atomic E-state index is 0.0979. The zero-order valence-corrected chi connectivity index (χ0v) is 24.0.